The van der Waals surface area contributed by atoms with Crippen molar-refractivity contribution in [2.75, 3.05) is 5.75 Å². The van der Waals surface area contributed by atoms with Crippen LogP contribution in [0.25, 0.3) is 10.9 Å². The first-order chi connectivity index (χ1) is 18.0. The van der Waals surface area contributed by atoms with E-state index in [1.807, 2.05) is 18.2 Å². The minimum absolute atomic E-state index is 0.0618. The third-order valence-corrected chi connectivity index (χ3v) is 7.01. The predicted molar refractivity (Wildman–Crippen MR) is 141 cm³/mol. The zero-order valence-corrected chi connectivity index (χ0v) is 20.8. The van der Waals surface area contributed by atoms with Crippen LogP contribution in [0.3, 0.4) is 0 Å². The van der Waals surface area contributed by atoms with Crippen LogP contribution in [0.15, 0.2) is 82.7 Å². The minimum Gasteiger partial charge on any atom is -0.351 e. The average molecular weight is 517 g/mol. The molecular weight excluding hydrogens is 491 g/mol. The largest absolute Gasteiger partial charge is 0.351 e. The van der Waals surface area contributed by atoms with Crippen molar-refractivity contribution in [1.29, 1.82) is 0 Å². The molecule has 37 heavy (non-hydrogen) atoms. The zero-order valence-electron chi connectivity index (χ0n) is 19.9. The molecule has 188 valence electrons. The summed E-state index contributed by atoms with van der Waals surface area (Å²) in [6.07, 6.45) is 2.04. The molecule has 3 aromatic carbocycles. The van der Waals surface area contributed by atoms with E-state index in [4.69, 9.17) is 0 Å². The summed E-state index contributed by atoms with van der Waals surface area (Å²) in [5.74, 6) is -0.593. The highest BCUT2D eigenvalue weighted by Crippen LogP contribution is 2.21. The van der Waals surface area contributed by atoms with E-state index in [-0.39, 0.29) is 48.1 Å². The second-order valence-corrected chi connectivity index (χ2v) is 9.88. The molecule has 7 nitrogen and oxygen atoms in total. The van der Waals surface area contributed by atoms with Crippen molar-refractivity contribution in [3.8, 4) is 0 Å². The summed E-state index contributed by atoms with van der Waals surface area (Å²) in [5, 5.41) is 6.70. The van der Waals surface area contributed by atoms with Crippen LogP contribution in [0.5, 0.6) is 0 Å². The van der Waals surface area contributed by atoms with Gasteiger partial charge < -0.3 is 10.6 Å². The first kappa shape index (κ1) is 24.7. The molecule has 0 atom stereocenters. The van der Waals surface area contributed by atoms with Crippen LogP contribution in [0.1, 0.15) is 34.3 Å². The van der Waals surface area contributed by atoms with E-state index < -0.39 is 0 Å². The lowest BCUT2D eigenvalue weighted by molar-refractivity contribution is -0.118. The van der Waals surface area contributed by atoms with Crippen molar-refractivity contribution < 1.29 is 14.0 Å². The summed E-state index contributed by atoms with van der Waals surface area (Å²) in [5.41, 5.74) is 2.56. The van der Waals surface area contributed by atoms with Gasteiger partial charge in [0.15, 0.2) is 5.16 Å². The summed E-state index contributed by atoms with van der Waals surface area (Å²) in [4.78, 5) is 42.8. The number of para-hydroxylation sites is 1. The van der Waals surface area contributed by atoms with Gasteiger partial charge in [0, 0.05) is 18.2 Å². The summed E-state index contributed by atoms with van der Waals surface area (Å²) in [6.45, 7) is 0.527. The van der Waals surface area contributed by atoms with Gasteiger partial charge in [0.25, 0.3) is 11.5 Å². The number of carbonyl (C=O) groups excluding carboxylic acids is 2. The number of thioether (sulfide) groups is 1. The third-order valence-electron chi connectivity index (χ3n) is 6.03. The van der Waals surface area contributed by atoms with E-state index >= 15 is 0 Å². The maximum Gasteiger partial charge on any atom is 0.262 e. The fourth-order valence-electron chi connectivity index (χ4n) is 3.82. The number of fused-ring (bicyclic) bond motifs is 1. The number of halogens is 1. The van der Waals surface area contributed by atoms with Gasteiger partial charge in [-0.05, 0) is 60.4 Å². The summed E-state index contributed by atoms with van der Waals surface area (Å²) in [7, 11) is 0. The quantitative estimate of drug-likeness (QED) is 0.260. The van der Waals surface area contributed by atoms with Gasteiger partial charge >= 0.3 is 0 Å². The molecule has 9 heteroatoms. The number of benzene rings is 3. The van der Waals surface area contributed by atoms with Crippen LogP contribution >= 0.6 is 11.8 Å². The first-order valence-electron chi connectivity index (χ1n) is 12.0. The number of carbonyl (C=O) groups is 2. The van der Waals surface area contributed by atoms with Crippen molar-refractivity contribution in [2.24, 2.45) is 0 Å². The van der Waals surface area contributed by atoms with Crippen LogP contribution < -0.4 is 16.2 Å². The van der Waals surface area contributed by atoms with Crippen molar-refractivity contribution in [1.82, 2.24) is 20.2 Å². The Morgan fingerprint density at radius 3 is 2.41 bits per heavy atom. The smallest absolute Gasteiger partial charge is 0.262 e. The van der Waals surface area contributed by atoms with Gasteiger partial charge in [-0.25, -0.2) is 9.37 Å². The van der Waals surface area contributed by atoms with Crippen molar-refractivity contribution >= 4 is 34.5 Å². The zero-order chi connectivity index (χ0) is 25.8. The van der Waals surface area contributed by atoms with Gasteiger partial charge in [-0.1, -0.05) is 48.2 Å². The Hall–Kier alpha value is -3.98. The van der Waals surface area contributed by atoms with Gasteiger partial charge in [0.2, 0.25) is 5.91 Å². The van der Waals surface area contributed by atoms with Gasteiger partial charge in [0.1, 0.15) is 5.82 Å². The van der Waals surface area contributed by atoms with Gasteiger partial charge in [-0.3, -0.25) is 19.0 Å². The van der Waals surface area contributed by atoms with Gasteiger partial charge in [-0.15, -0.1) is 0 Å². The van der Waals surface area contributed by atoms with Crippen LogP contribution in [0.4, 0.5) is 4.39 Å². The van der Waals surface area contributed by atoms with E-state index in [2.05, 4.69) is 15.6 Å². The van der Waals surface area contributed by atoms with Crippen LogP contribution in [-0.2, 0) is 17.9 Å². The van der Waals surface area contributed by atoms with E-state index in [1.54, 1.807) is 47.0 Å². The summed E-state index contributed by atoms with van der Waals surface area (Å²) in [6, 6.07) is 20.5. The third kappa shape index (κ3) is 6.24. The highest BCUT2D eigenvalue weighted by Gasteiger charge is 2.23. The second kappa shape index (κ2) is 11.0. The van der Waals surface area contributed by atoms with E-state index in [0.717, 1.165) is 24.0 Å². The molecule has 0 spiro atoms. The summed E-state index contributed by atoms with van der Waals surface area (Å²) < 4.78 is 14.6. The molecule has 1 heterocycles. The van der Waals surface area contributed by atoms with E-state index in [9.17, 15) is 18.8 Å². The number of rotatable bonds is 9. The van der Waals surface area contributed by atoms with Crippen LogP contribution in [-0.4, -0.2) is 33.2 Å². The average Bonchev–Trinajstić information content (AvgIpc) is 3.73. The topological polar surface area (TPSA) is 93.1 Å². The molecule has 4 aromatic rings. The molecule has 1 aromatic heterocycles. The standard InChI is InChI=1S/C28H25FN4O3S/c29-21-11-7-18(8-12-21)15-30-25(34)17-37-28-32-24-4-2-1-3-23(24)27(36)33(28)16-19-5-9-20(10-6-19)26(35)31-22-13-14-22/h1-12,22H,13-17H2,(H,30,34)(H,31,35). The Morgan fingerprint density at radius 2 is 1.68 bits per heavy atom. The lowest BCUT2D eigenvalue weighted by atomic mass is 10.1. The number of hydrogen-bond acceptors (Lipinski definition) is 5. The number of nitrogens with zero attached hydrogens (tertiary/aromatic N) is 2. The van der Waals surface area contributed by atoms with Crippen LogP contribution in [0.2, 0.25) is 0 Å². The Morgan fingerprint density at radius 1 is 0.973 bits per heavy atom. The molecule has 1 fully saturated rings. The lowest BCUT2D eigenvalue weighted by Crippen LogP contribution is -2.27. The fraction of sp³-hybridized carbons (Fsp3) is 0.214. The molecule has 1 saturated carbocycles. The molecule has 0 radical (unpaired) electrons. The lowest BCUT2D eigenvalue weighted by Gasteiger charge is -2.14. The molecule has 5 rings (SSSR count). The Kier molecular flexibility index (Phi) is 7.32. The first-order valence-corrected chi connectivity index (χ1v) is 13.0. The minimum atomic E-state index is -0.331. The molecule has 1 aliphatic carbocycles. The Bertz CT molecular complexity index is 1500. The second-order valence-electron chi connectivity index (χ2n) is 8.94. The van der Waals surface area contributed by atoms with Crippen LogP contribution in [0, 0.1) is 5.82 Å². The van der Waals surface area contributed by atoms with E-state index in [0.29, 0.717) is 21.6 Å². The molecule has 0 bridgehead atoms. The molecule has 0 unspecified atom stereocenters. The van der Waals surface area contributed by atoms with Crippen molar-refractivity contribution in [3.05, 3.63) is 106 Å². The molecule has 1 aliphatic rings. The van der Waals surface area contributed by atoms with Crippen molar-refractivity contribution in [3.63, 3.8) is 0 Å². The highest BCUT2D eigenvalue weighted by molar-refractivity contribution is 7.99. The maximum atomic E-state index is 13.4. The Balaban J connectivity index is 1.32. The van der Waals surface area contributed by atoms with E-state index in [1.165, 1.54) is 23.9 Å². The fourth-order valence-corrected chi connectivity index (χ4v) is 4.65. The monoisotopic (exact) mass is 516 g/mol. The normalized spacial score (nSPS) is 12.9. The molecular formula is C28H25FN4O3S. The number of aromatic nitrogens is 2. The molecule has 0 saturated heterocycles. The molecule has 2 N–H and O–H groups in total. The summed E-state index contributed by atoms with van der Waals surface area (Å²) >= 11 is 1.18. The molecule has 2 amide bonds. The molecule has 0 aliphatic heterocycles. The number of hydrogen-bond donors (Lipinski definition) is 2. The highest BCUT2D eigenvalue weighted by atomic mass is 32.2. The predicted octanol–water partition coefficient (Wildman–Crippen LogP) is 3.88. The number of nitrogens with one attached hydrogen (secondary N) is 2. The Labute approximate surface area is 217 Å². The van der Waals surface area contributed by atoms with Crippen molar-refractivity contribution in [2.45, 2.75) is 37.1 Å². The maximum absolute atomic E-state index is 13.4. The van der Waals surface area contributed by atoms with Gasteiger partial charge in [0.05, 0.1) is 23.2 Å². The van der Waals surface area contributed by atoms with Gasteiger partial charge in [-0.2, -0.15) is 0 Å². The number of amides is 2. The SMILES string of the molecule is O=C(CSc1nc2ccccc2c(=O)n1Cc1ccc(C(=O)NC2CC2)cc1)NCc1ccc(F)cc1.